The molecule has 3 nitrogen and oxygen atoms in total. The normalized spacial score (nSPS) is 18.2. The summed E-state index contributed by atoms with van der Waals surface area (Å²) >= 11 is 1.81. The molecular formula is C16H22N2OS. The summed E-state index contributed by atoms with van der Waals surface area (Å²) < 4.78 is 5.66. The molecule has 0 spiro atoms. The van der Waals surface area contributed by atoms with E-state index in [4.69, 9.17) is 4.42 Å². The van der Waals surface area contributed by atoms with Crippen molar-refractivity contribution in [3.8, 4) is 0 Å². The number of hydrogen-bond acceptors (Lipinski definition) is 4. The van der Waals surface area contributed by atoms with Gasteiger partial charge in [0.1, 0.15) is 5.76 Å². The van der Waals surface area contributed by atoms with E-state index in [2.05, 4.69) is 33.8 Å². The standard InChI is InChI=1S/C16H22N2OS/c1-2-8-18(9-3-1)15(16-7-4-10-19-16)13-17-12-14-6-5-11-20-14/h4-7,10-11,15,17H,1-3,8-9,12-13H2. The number of furan rings is 1. The Labute approximate surface area is 124 Å². The minimum atomic E-state index is 0.366. The van der Waals surface area contributed by atoms with Crippen molar-refractivity contribution < 1.29 is 4.42 Å². The van der Waals surface area contributed by atoms with Crippen molar-refractivity contribution in [3.63, 3.8) is 0 Å². The Morgan fingerprint density at radius 2 is 2.10 bits per heavy atom. The Balaban J connectivity index is 1.60. The Bertz CT molecular complexity index is 475. The van der Waals surface area contributed by atoms with E-state index in [-0.39, 0.29) is 0 Å². The lowest BCUT2D eigenvalue weighted by atomic mass is 10.1. The molecule has 1 atom stereocenters. The van der Waals surface area contributed by atoms with Crippen LogP contribution in [0.1, 0.15) is 35.9 Å². The lowest BCUT2D eigenvalue weighted by Crippen LogP contribution is -2.38. The molecule has 2 aromatic rings. The van der Waals surface area contributed by atoms with E-state index in [1.807, 2.05) is 17.4 Å². The largest absolute Gasteiger partial charge is 0.468 e. The van der Waals surface area contributed by atoms with E-state index in [9.17, 15) is 0 Å². The van der Waals surface area contributed by atoms with E-state index < -0.39 is 0 Å². The Hall–Kier alpha value is -1.10. The van der Waals surface area contributed by atoms with Gasteiger partial charge < -0.3 is 9.73 Å². The van der Waals surface area contributed by atoms with E-state index in [1.54, 1.807) is 6.26 Å². The summed E-state index contributed by atoms with van der Waals surface area (Å²) in [5.41, 5.74) is 0. The van der Waals surface area contributed by atoms with Crippen LogP contribution in [0.15, 0.2) is 40.3 Å². The number of likely N-dealkylation sites (tertiary alicyclic amines) is 1. The van der Waals surface area contributed by atoms with Crippen molar-refractivity contribution in [1.29, 1.82) is 0 Å². The van der Waals surface area contributed by atoms with E-state index >= 15 is 0 Å². The predicted molar refractivity (Wildman–Crippen MR) is 82.9 cm³/mol. The predicted octanol–water partition coefficient (Wildman–Crippen LogP) is 3.66. The van der Waals surface area contributed by atoms with Gasteiger partial charge in [-0.1, -0.05) is 12.5 Å². The molecule has 4 heteroatoms. The topological polar surface area (TPSA) is 28.4 Å². The number of hydrogen-bond donors (Lipinski definition) is 1. The van der Waals surface area contributed by atoms with Gasteiger partial charge in [0.05, 0.1) is 12.3 Å². The summed E-state index contributed by atoms with van der Waals surface area (Å²) in [7, 11) is 0. The Morgan fingerprint density at radius 3 is 2.80 bits per heavy atom. The van der Waals surface area contributed by atoms with E-state index in [0.29, 0.717) is 6.04 Å². The van der Waals surface area contributed by atoms with Gasteiger partial charge in [0, 0.05) is 18.0 Å². The molecule has 2 aromatic heterocycles. The van der Waals surface area contributed by atoms with Crippen LogP contribution in [0.3, 0.4) is 0 Å². The van der Waals surface area contributed by atoms with E-state index in [0.717, 1.165) is 18.8 Å². The van der Waals surface area contributed by atoms with Crippen molar-refractivity contribution in [2.24, 2.45) is 0 Å². The molecule has 1 fully saturated rings. The number of rotatable bonds is 6. The van der Waals surface area contributed by atoms with Crippen LogP contribution in [-0.4, -0.2) is 24.5 Å². The minimum Gasteiger partial charge on any atom is -0.468 e. The van der Waals surface area contributed by atoms with Crippen LogP contribution in [0, 0.1) is 0 Å². The summed E-state index contributed by atoms with van der Waals surface area (Å²) in [6.45, 7) is 4.27. The third kappa shape index (κ3) is 3.51. The maximum Gasteiger partial charge on any atom is 0.122 e. The number of nitrogens with one attached hydrogen (secondary N) is 1. The highest BCUT2D eigenvalue weighted by Gasteiger charge is 2.23. The molecular weight excluding hydrogens is 268 g/mol. The maximum atomic E-state index is 5.66. The minimum absolute atomic E-state index is 0.366. The van der Waals surface area contributed by atoms with Crippen molar-refractivity contribution in [1.82, 2.24) is 10.2 Å². The molecule has 1 saturated heterocycles. The highest BCUT2D eigenvalue weighted by atomic mass is 32.1. The summed E-state index contributed by atoms with van der Waals surface area (Å²) in [6, 6.07) is 8.75. The first-order chi connectivity index (χ1) is 9.93. The molecule has 20 heavy (non-hydrogen) atoms. The van der Waals surface area contributed by atoms with Crippen LogP contribution in [-0.2, 0) is 6.54 Å². The molecule has 1 N–H and O–H groups in total. The van der Waals surface area contributed by atoms with Gasteiger partial charge in [0.2, 0.25) is 0 Å². The molecule has 0 radical (unpaired) electrons. The van der Waals surface area contributed by atoms with Crippen molar-refractivity contribution >= 4 is 11.3 Å². The van der Waals surface area contributed by atoms with Crippen LogP contribution in [0.4, 0.5) is 0 Å². The van der Waals surface area contributed by atoms with Gasteiger partial charge in [-0.15, -0.1) is 11.3 Å². The average Bonchev–Trinajstić information content (AvgIpc) is 3.18. The Morgan fingerprint density at radius 1 is 1.20 bits per heavy atom. The van der Waals surface area contributed by atoms with Crippen molar-refractivity contribution in [2.75, 3.05) is 19.6 Å². The molecule has 0 aromatic carbocycles. The quantitative estimate of drug-likeness (QED) is 0.880. The van der Waals surface area contributed by atoms with Crippen LogP contribution < -0.4 is 5.32 Å². The lowest BCUT2D eigenvalue weighted by molar-refractivity contribution is 0.142. The molecule has 1 unspecified atom stereocenters. The zero-order chi connectivity index (χ0) is 13.6. The first-order valence-electron chi connectivity index (χ1n) is 7.44. The molecule has 3 heterocycles. The molecule has 0 aliphatic carbocycles. The van der Waals surface area contributed by atoms with Crippen molar-refractivity contribution in [2.45, 2.75) is 31.8 Å². The zero-order valence-electron chi connectivity index (χ0n) is 11.8. The Kier molecular flexibility index (Phi) is 4.90. The molecule has 108 valence electrons. The second-order valence-electron chi connectivity index (χ2n) is 5.34. The van der Waals surface area contributed by atoms with Crippen LogP contribution >= 0.6 is 11.3 Å². The van der Waals surface area contributed by atoms with Gasteiger partial charge in [-0.25, -0.2) is 0 Å². The van der Waals surface area contributed by atoms with Gasteiger partial charge >= 0.3 is 0 Å². The van der Waals surface area contributed by atoms with Gasteiger partial charge in [-0.3, -0.25) is 4.90 Å². The average molecular weight is 290 g/mol. The van der Waals surface area contributed by atoms with Crippen LogP contribution in [0.25, 0.3) is 0 Å². The highest BCUT2D eigenvalue weighted by Crippen LogP contribution is 2.24. The number of nitrogens with zero attached hydrogens (tertiary/aromatic N) is 1. The van der Waals surface area contributed by atoms with Gasteiger partial charge in [0.25, 0.3) is 0 Å². The molecule has 0 saturated carbocycles. The third-order valence-electron chi connectivity index (χ3n) is 3.92. The molecule has 3 rings (SSSR count). The first-order valence-corrected chi connectivity index (χ1v) is 8.32. The summed E-state index contributed by atoms with van der Waals surface area (Å²) in [5, 5.41) is 5.71. The van der Waals surface area contributed by atoms with Crippen LogP contribution in [0.5, 0.6) is 0 Å². The summed E-state index contributed by atoms with van der Waals surface area (Å²) in [6.07, 6.45) is 5.76. The first kappa shape index (κ1) is 13.9. The summed E-state index contributed by atoms with van der Waals surface area (Å²) in [5.74, 6) is 1.09. The smallest absolute Gasteiger partial charge is 0.122 e. The van der Waals surface area contributed by atoms with Gasteiger partial charge in [-0.05, 0) is 49.5 Å². The SMILES string of the molecule is c1coc(C(CNCc2cccs2)N2CCCCC2)c1. The van der Waals surface area contributed by atoms with Crippen molar-refractivity contribution in [3.05, 3.63) is 46.5 Å². The van der Waals surface area contributed by atoms with Gasteiger partial charge in [-0.2, -0.15) is 0 Å². The van der Waals surface area contributed by atoms with Crippen LogP contribution in [0.2, 0.25) is 0 Å². The molecule has 0 bridgehead atoms. The highest BCUT2D eigenvalue weighted by molar-refractivity contribution is 7.09. The second-order valence-corrected chi connectivity index (χ2v) is 6.37. The number of thiophene rings is 1. The maximum absolute atomic E-state index is 5.66. The van der Waals surface area contributed by atoms with Gasteiger partial charge in [0.15, 0.2) is 0 Å². The second kappa shape index (κ2) is 7.07. The number of piperidine rings is 1. The fraction of sp³-hybridized carbons (Fsp3) is 0.500. The monoisotopic (exact) mass is 290 g/mol. The molecule has 1 aliphatic rings. The fourth-order valence-electron chi connectivity index (χ4n) is 2.87. The summed E-state index contributed by atoms with van der Waals surface area (Å²) in [4.78, 5) is 3.95. The lowest BCUT2D eigenvalue weighted by Gasteiger charge is -2.33. The molecule has 0 amide bonds. The fourth-order valence-corrected chi connectivity index (χ4v) is 3.54. The zero-order valence-corrected chi connectivity index (χ0v) is 12.6. The van der Waals surface area contributed by atoms with E-state index in [1.165, 1.54) is 37.2 Å². The third-order valence-corrected chi connectivity index (χ3v) is 4.80. The molecule has 1 aliphatic heterocycles.